The van der Waals surface area contributed by atoms with Crippen molar-refractivity contribution in [2.45, 2.75) is 32.7 Å². The number of aromatic nitrogens is 2. The zero-order chi connectivity index (χ0) is 14.7. The Morgan fingerprint density at radius 2 is 2.25 bits per heavy atom. The van der Waals surface area contributed by atoms with E-state index in [1.165, 1.54) is 0 Å². The number of aryl methyl sites for hydroxylation is 1. The van der Waals surface area contributed by atoms with Crippen molar-refractivity contribution >= 4 is 11.8 Å². The number of hydrogen-bond acceptors (Lipinski definition) is 3. The Morgan fingerprint density at radius 1 is 1.50 bits per heavy atom. The maximum absolute atomic E-state index is 12.4. The van der Waals surface area contributed by atoms with Crippen molar-refractivity contribution in [2.75, 3.05) is 13.1 Å². The minimum atomic E-state index is -0.382. The normalized spacial score (nSPS) is 20.9. The lowest BCUT2D eigenvalue weighted by Gasteiger charge is -2.35. The largest absolute Gasteiger partial charge is 0.342 e. The maximum atomic E-state index is 12.4. The number of rotatable bonds is 5. The number of nitrogens with one attached hydrogen (secondary N) is 1. The second-order valence-corrected chi connectivity index (χ2v) is 5.39. The van der Waals surface area contributed by atoms with E-state index in [1.807, 2.05) is 27.0 Å². The highest BCUT2D eigenvalue weighted by atomic mass is 16.2. The Bertz CT molecular complexity index is 497. The second kappa shape index (κ2) is 6.07. The summed E-state index contributed by atoms with van der Waals surface area (Å²) in [7, 11) is 1.88. The van der Waals surface area contributed by atoms with Gasteiger partial charge >= 0.3 is 0 Å². The molecular formula is C14H22N4O2. The van der Waals surface area contributed by atoms with E-state index in [4.69, 9.17) is 0 Å². The van der Waals surface area contributed by atoms with E-state index in [0.717, 1.165) is 12.1 Å². The van der Waals surface area contributed by atoms with E-state index in [9.17, 15) is 9.59 Å². The highest BCUT2D eigenvalue weighted by Gasteiger charge is 2.35. The van der Waals surface area contributed by atoms with Crippen molar-refractivity contribution in [3.63, 3.8) is 0 Å². The molecule has 110 valence electrons. The van der Waals surface area contributed by atoms with Gasteiger partial charge in [-0.3, -0.25) is 14.3 Å². The zero-order valence-corrected chi connectivity index (χ0v) is 12.3. The third-order valence-electron chi connectivity index (χ3n) is 4.00. The van der Waals surface area contributed by atoms with Crippen LogP contribution < -0.4 is 5.32 Å². The summed E-state index contributed by atoms with van der Waals surface area (Å²) in [6.07, 6.45) is 3.32. The molecule has 6 nitrogen and oxygen atoms in total. The van der Waals surface area contributed by atoms with Gasteiger partial charge in [-0.2, -0.15) is 5.10 Å². The summed E-state index contributed by atoms with van der Waals surface area (Å²) in [4.78, 5) is 25.8. The lowest BCUT2D eigenvalue weighted by Crippen LogP contribution is -2.60. The third-order valence-corrected chi connectivity index (χ3v) is 4.00. The van der Waals surface area contributed by atoms with Crippen LogP contribution in [0.2, 0.25) is 0 Å². The Balaban J connectivity index is 2.01. The number of hydrogen-bond donors (Lipinski definition) is 1. The molecule has 2 amide bonds. The molecular weight excluding hydrogens is 256 g/mol. The van der Waals surface area contributed by atoms with Crippen LogP contribution >= 0.6 is 0 Å². The van der Waals surface area contributed by atoms with Crippen LogP contribution in [0.4, 0.5) is 0 Å². The molecule has 1 aliphatic rings. The van der Waals surface area contributed by atoms with E-state index in [1.54, 1.807) is 15.8 Å². The van der Waals surface area contributed by atoms with Crippen molar-refractivity contribution in [1.29, 1.82) is 0 Å². The van der Waals surface area contributed by atoms with Gasteiger partial charge in [-0.25, -0.2) is 0 Å². The van der Waals surface area contributed by atoms with Gasteiger partial charge in [-0.05, 0) is 12.0 Å². The SMILES string of the molecule is CCC(C)C1NC(=O)CN(CCc2ccnn2C)C1=O. The second-order valence-electron chi connectivity index (χ2n) is 5.39. The van der Waals surface area contributed by atoms with Gasteiger partial charge in [0, 0.05) is 31.9 Å². The molecule has 0 bridgehead atoms. The lowest BCUT2D eigenvalue weighted by atomic mass is 9.96. The van der Waals surface area contributed by atoms with Gasteiger partial charge in [0.15, 0.2) is 0 Å². The number of nitrogens with zero attached hydrogens (tertiary/aromatic N) is 3. The summed E-state index contributed by atoms with van der Waals surface area (Å²) >= 11 is 0. The molecule has 0 saturated carbocycles. The Morgan fingerprint density at radius 3 is 2.85 bits per heavy atom. The van der Waals surface area contributed by atoms with Crippen LogP contribution in [0.3, 0.4) is 0 Å². The quantitative estimate of drug-likeness (QED) is 0.844. The van der Waals surface area contributed by atoms with Crippen LogP contribution in [0.1, 0.15) is 26.0 Å². The fourth-order valence-electron chi connectivity index (χ4n) is 2.44. The predicted octanol–water partition coefficient (Wildman–Crippen LogP) is 0.336. The van der Waals surface area contributed by atoms with E-state index < -0.39 is 0 Å². The number of amides is 2. The summed E-state index contributed by atoms with van der Waals surface area (Å²) in [6.45, 7) is 4.73. The molecule has 2 unspecified atom stereocenters. The number of piperazine rings is 1. The van der Waals surface area contributed by atoms with Crippen LogP contribution in [-0.2, 0) is 23.1 Å². The predicted molar refractivity (Wildman–Crippen MR) is 74.9 cm³/mol. The monoisotopic (exact) mass is 278 g/mol. The van der Waals surface area contributed by atoms with Crippen LogP contribution in [0.5, 0.6) is 0 Å². The van der Waals surface area contributed by atoms with Gasteiger partial charge < -0.3 is 10.2 Å². The molecule has 0 aliphatic carbocycles. The van der Waals surface area contributed by atoms with Gasteiger partial charge in [-0.15, -0.1) is 0 Å². The van der Waals surface area contributed by atoms with Crippen molar-refractivity contribution in [1.82, 2.24) is 20.0 Å². The van der Waals surface area contributed by atoms with Gasteiger partial charge in [0.05, 0.1) is 6.54 Å². The molecule has 0 spiro atoms. The molecule has 1 aromatic heterocycles. The van der Waals surface area contributed by atoms with E-state index in [-0.39, 0.29) is 30.3 Å². The summed E-state index contributed by atoms with van der Waals surface area (Å²) in [5.41, 5.74) is 1.06. The maximum Gasteiger partial charge on any atom is 0.245 e. The first kappa shape index (κ1) is 14.6. The molecule has 2 heterocycles. The summed E-state index contributed by atoms with van der Waals surface area (Å²) in [5, 5.41) is 6.91. The molecule has 1 N–H and O–H groups in total. The van der Waals surface area contributed by atoms with E-state index in [2.05, 4.69) is 10.4 Å². The first-order chi connectivity index (χ1) is 9.52. The third kappa shape index (κ3) is 3.00. The molecule has 2 atom stereocenters. The molecule has 1 aliphatic heterocycles. The van der Waals surface area contributed by atoms with Crippen molar-refractivity contribution in [2.24, 2.45) is 13.0 Å². The molecule has 20 heavy (non-hydrogen) atoms. The lowest BCUT2D eigenvalue weighted by molar-refractivity contribution is -0.145. The molecule has 1 saturated heterocycles. The van der Waals surface area contributed by atoms with Crippen LogP contribution in [0, 0.1) is 5.92 Å². The number of carbonyl (C=O) groups excluding carboxylic acids is 2. The standard InChI is InChI=1S/C14H22N4O2/c1-4-10(2)13-14(20)18(9-12(19)16-13)8-6-11-5-7-15-17(11)3/h5,7,10,13H,4,6,8-9H2,1-3H3,(H,16,19). The molecule has 1 aromatic rings. The molecule has 2 rings (SSSR count). The molecule has 0 radical (unpaired) electrons. The van der Waals surface area contributed by atoms with Crippen molar-refractivity contribution < 1.29 is 9.59 Å². The number of carbonyl (C=O) groups is 2. The zero-order valence-electron chi connectivity index (χ0n) is 12.3. The average molecular weight is 278 g/mol. The molecule has 1 fully saturated rings. The fraction of sp³-hybridized carbons (Fsp3) is 0.643. The smallest absolute Gasteiger partial charge is 0.245 e. The minimum Gasteiger partial charge on any atom is -0.342 e. The Hall–Kier alpha value is -1.85. The first-order valence-corrected chi connectivity index (χ1v) is 7.08. The molecule has 0 aromatic carbocycles. The summed E-state index contributed by atoms with van der Waals surface area (Å²) in [5.74, 6) is 0.118. The van der Waals surface area contributed by atoms with E-state index in [0.29, 0.717) is 13.0 Å². The van der Waals surface area contributed by atoms with Crippen molar-refractivity contribution in [3.8, 4) is 0 Å². The summed E-state index contributed by atoms with van der Waals surface area (Å²) in [6, 6.07) is 1.55. The van der Waals surface area contributed by atoms with Gasteiger partial charge in [0.1, 0.15) is 6.04 Å². The van der Waals surface area contributed by atoms with Gasteiger partial charge in [-0.1, -0.05) is 20.3 Å². The average Bonchev–Trinajstić information content (AvgIpc) is 2.84. The highest BCUT2D eigenvalue weighted by Crippen LogP contribution is 2.14. The molecule has 6 heteroatoms. The topological polar surface area (TPSA) is 67.2 Å². The minimum absolute atomic E-state index is 0.0288. The van der Waals surface area contributed by atoms with Crippen LogP contribution in [0.25, 0.3) is 0 Å². The van der Waals surface area contributed by atoms with Crippen LogP contribution in [-0.4, -0.2) is 45.6 Å². The Labute approximate surface area is 119 Å². The Kier molecular flexibility index (Phi) is 4.42. The van der Waals surface area contributed by atoms with Gasteiger partial charge in [0.25, 0.3) is 0 Å². The summed E-state index contributed by atoms with van der Waals surface area (Å²) < 4.78 is 1.79. The van der Waals surface area contributed by atoms with Gasteiger partial charge in [0.2, 0.25) is 11.8 Å². The van der Waals surface area contributed by atoms with Crippen molar-refractivity contribution in [3.05, 3.63) is 18.0 Å². The van der Waals surface area contributed by atoms with E-state index >= 15 is 0 Å². The highest BCUT2D eigenvalue weighted by molar-refractivity contribution is 5.95. The van der Waals surface area contributed by atoms with Crippen LogP contribution in [0.15, 0.2) is 12.3 Å². The fourth-order valence-corrected chi connectivity index (χ4v) is 2.44. The first-order valence-electron chi connectivity index (χ1n) is 7.08.